The fourth-order valence-corrected chi connectivity index (χ4v) is 8.65. The number of aromatic hydroxyl groups is 2. The molecule has 2 aliphatic heterocycles. The lowest BCUT2D eigenvalue weighted by Crippen LogP contribution is -2.70. The molecule has 4 heterocycles. The average molecular weight is 843 g/mol. The maximum absolute atomic E-state index is 13.9. The first kappa shape index (κ1) is 41.9. The number of nitrogens with two attached hydrogens (primary N) is 1. The Kier molecular flexibility index (Phi) is 11.6. The quantitative estimate of drug-likeness (QED) is 0.0768. The fraction of sp³-hybridized carbons (Fsp3) is 0.409. The molecule has 0 spiro atoms. The first-order chi connectivity index (χ1) is 29.3. The molecular formula is C44H50N4O13. The van der Waals surface area contributed by atoms with E-state index in [1.165, 1.54) is 12.1 Å². The summed E-state index contributed by atoms with van der Waals surface area (Å²) in [4.78, 5) is 29.6. The van der Waals surface area contributed by atoms with Crippen molar-refractivity contribution >= 4 is 22.8 Å². The average Bonchev–Trinajstić information content (AvgIpc) is 4.03. The van der Waals surface area contributed by atoms with Gasteiger partial charge in [0, 0.05) is 49.1 Å². The minimum Gasteiger partial charge on any atom is -0.508 e. The van der Waals surface area contributed by atoms with E-state index >= 15 is 0 Å². The Morgan fingerprint density at radius 1 is 1.02 bits per heavy atom. The lowest BCUT2D eigenvalue weighted by Gasteiger charge is -2.47. The number of carboxylic acid groups (broad SMARTS) is 1. The number of nitrogen functional groups attached to an aromatic ring is 1. The van der Waals surface area contributed by atoms with Crippen LogP contribution in [0.4, 0.5) is 5.82 Å². The summed E-state index contributed by atoms with van der Waals surface area (Å²) < 4.78 is 30.8. The highest BCUT2D eigenvalue weighted by atomic mass is 16.7. The number of carbonyl (C=O) groups is 1. The molecule has 3 fully saturated rings. The summed E-state index contributed by atoms with van der Waals surface area (Å²) in [5.41, 5.74) is 4.26. The van der Waals surface area contributed by atoms with Gasteiger partial charge in [-0.1, -0.05) is 13.0 Å². The number of aliphatic hydroxyl groups excluding tert-OH is 2. The Labute approximate surface area is 349 Å². The second-order valence-corrected chi connectivity index (χ2v) is 16.0. The zero-order valence-electron chi connectivity index (χ0n) is 33.4. The molecule has 0 radical (unpaired) electrons. The predicted octanol–water partition coefficient (Wildman–Crippen LogP) is 3.36. The number of aliphatic hydroxyl groups is 3. The molecule has 2 saturated heterocycles. The van der Waals surface area contributed by atoms with Crippen molar-refractivity contribution < 1.29 is 58.8 Å². The summed E-state index contributed by atoms with van der Waals surface area (Å²) in [5, 5.41) is 73.3. The number of aryl methyl sites for hydroxylation is 1. The second-order valence-electron chi connectivity index (χ2n) is 16.0. The summed E-state index contributed by atoms with van der Waals surface area (Å²) in [6.07, 6.45) is -4.83. The third kappa shape index (κ3) is 8.32. The standard InChI is InChI=1S/C44H50N4O13/c1-2-23-15-25(17-28(49)16-23)43(12-3-4-13-43)61-38-33(59-42-37(52)39(53)44(56,40(60-42)41(54)55)20-27-21-46-22-47-27)19-32-35(36(38)51)30(50)18-31(58-32)24-5-8-29(9-6-24)57-14-11-26-7-10-34(45)48-26/h5-10,15-19,27,37,39-40,42,46-49,51-53,56H,2-4,11-14,20-22,45H2,1H3,(H,54,55). The van der Waals surface area contributed by atoms with Crippen molar-refractivity contribution in [3.05, 3.63) is 93.8 Å². The molecule has 324 valence electrons. The van der Waals surface area contributed by atoms with Crippen LogP contribution in [0.2, 0.25) is 0 Å². The minimum absolute atomic E-state index is 0.0156. The normalized spacial score (nSPS) is 24.8. The van der Waals surface area contributed by atoms with Gasteiger partial charge in [-0.2, -0.15) is 0 Å². The lowest BCUT2D eigenvalue weighted by atomic mass is 9.79. The van der Waals surface area contributed by atoms with Crippen LogP contribution in [0.1, 0.15) is 55.8 Å². The summed E-state index contributed by atoms with van der Waals surface area (Å²) >= 11 is 0. The molecule has 3 aliphatic rings. The number of aromatic amines is 1. The van der Waals surface area contributed by atoms with Gasteiger partial charge in [-0.05, 0) is 98.2 Å². The van der Waals surface area contributed by atoms with E-state index in [9.17, 15) is 40.2 Å². The molecule has 17 heteroatoms. The Morgan fingerprint density at radius 3 is 2.46 bits per heavy atom. The summed E-state index contributed by atoms with van der Waals surface area (Å²) in [6.45, 7) is 3.08. The van der Waals surface area contributed by atoms with Gasteiger partial charge in [0.25, 0.3) is 0 Å². The molecule has 8 rings (SSSR count). The van der Waals surface area contributed by atoms with Crippen molar-refractivity contribution in [1.82, 2.24) is 15.6 Å². The van der Waals surface area contributed by atoms with E-state index in [0.29, 0.717) is 68.2 Å². The third-order valence-electron chi connectivity index (χ3n) is 11.9. The molecule has 6 atom stereocenters. The number of benzene rings is 3. The van der Waals surface area contributed by atoms with Gasteiger partial charge in [0.05, 0.1) is 6.61 Å². The van der Waals surface area contributed by atoms with Gasteiger partial charge in [-0.15, -0.1) is 0 Å². The molecule has 2 aromatic heterocycles. The molecule has 1 aliphatic carbocycles. The monoisotopic (exact) mass is 842 g/mol. The number of aromatic nitrogens is 1. The van der Waals surface area contributed by atoms with E-state index in [0.717, 1.165) is 24.1 Å². The Hall–Kier alpha value is -5.82. The van der Waals surface area contributed by atoms with Crippen LogP contribution in [0.5, 0.6) is 28.7 Å². The van der Waals surface area contributed by atoms with Crippen molar-refractivity contribution in [3.8, 4) is 40.1 Å². The number of H-pyrrole nitrogens is 1. The van der Waals surface area contributed by atoms with Crippen LogP contribution in [0, 0.1) is 0 Å². The van der Waals surface area contributed by atoms with E-state index in [4.69, 9.17) is 29.1 Å². The Morgan fingerprint density at radius 2 is 1.79 bits per heavy atom. The molecule has 0 amide bonds. The number of phenolic OH excluding ortho intramolecular Hbond substituents is 2. The van der Waals surface area contributed by atoms with E-state index in [1.54, 1.807) is 42.5 Å². The van der Waals surface area contributed by atoms with Crippen LogP contribution in [0.3, 0.4) is 0 Å². The lowest BCUT2D eigenvalue weighted by molar-refractivity contribution is -0.307. The third-order valence-corrected chi connectivity index (χ3v) is 11.9. The van der Waals surface area contributed by atoms with Crippen LogP contribution in [-0.2, 0) is 28.0 Å². The number of nitrogens with one attached hydrogen (secondary N) is 3. The van der Waals surface area contributed by atoms with E-state index < -0.39 is 59.0 Å². The van der Waals surface area contributed by atoms with E-state index in [1.807, 2.05) is 19.1 Å². The van der Waals surface area contributed by atoms with Gasteiger partial charge in [0.2, 0.25) is 12.0 Å². The first-order valence-corrected chi connectivity index (χ1v) is 20.4. The van der Waals surface area contributed by atoms with Gasteiger partial charge >= 0.3 is 5.97 Å². The van der Waals surface area contributed by atoms with Crippen molar-refractivity contribution in [2.75, 3.05) is 25.6 Å². The highest BCUT2D eigenvalue weighted by Gasteiger charge is 2.59. The Balaban J connectivity index is 1.17. The molecular weight excluding hydrogens is 792 g/mol. The highest BCUT2D eigenvalue weighted by Crippen LogP contribution is 2.51. The smallest absolute Gasteiger partial charge is 0.336 e. The zero-order chi connectivity index (χ0) is 43.1. The van der Waals surface area contributed by atoms with Crippen LogP contribution in [-0.4, -0.2) is 97.7 Å². The SMILES string of the molecule is CCc1cc(O)cc(C2(Oc3c(OC4OC(C(=O)O)C(O)(CC5CNCN5)C(O)C4O)cc4oc(-c5ccc(OCCc6ccc(N)[nH]6)cc5)cc(=O)c4c3O)CCCC2)c1. The van der Waals surface area contributed by atoms with Gasteiger partial charge < -0.3 is 75.4 Å². The molecule has 17 nitrogen and oxygen atoms in total. The molecule has 3 aromatic carbocycles. The second kappa shape index (κ2) is 16.9. The highest BCUT2D eigenvalue weighted by molar-refractivity contribution is 5.89. The fourth-order valence-electron chi connectivity index (χ4n) is 8.65. The number of rotatable bonds is 14. The van der Waals surface area contributed by atoms with Gasteiger partial charge in [-0.3, -0.25) is 4.79 Å². The molecule has 11 N–H and O–H groups in total. The van der Waals surface area contributed by atoms with Crippen LogP contribution in [0.15, 0.2) is 75.9 Å². The molecule has 1 saturated carbocycles. The Bertz CT molecular complexity index is 2440. The summed E-state index contributed by atoms with van der Waals surface area (Å²) in [5.74, 6) is -1.69. The van der Waals surface area contributed by atoms with Gasteiger partial charge in [0.15, 0.2) is 23.0 Å². The number of anilines is 1. The largest absolute Gasteiger partial charge is 0.508 e. The zero-order valence-corrected chi connectivity index (χ0v) is 33.4. The molecule has 5 aromatic rings. The summed E-state index contributed by atoms with van der Waals surface area (Å²) in [6, 6.07) is 17.6. The predicted molar refractivity (Wildman–Crippen MR) is 221 cm³/mol. The van der Waals surface area contributed by atoms with Crippen molar-refractivity contribution in [3.63, 3.8) is 0 Å². The number of hydrogen-bond donors (Lipinski definition) is 10. The minimum atomic E-state index is -2.45. The number of fused-ring (bicyclic) bond motifs is 1. The number of ether oxygens (including phenoxy) is 4. The number of aliphatic carboxylic acids is 1. The van der Waals surface area contributed by atoms with E-state index in [-0.39, 0.29) is 40.4 Å². The van der Waals surface area contributed by atoms with Gasteiger partial charge in [-0.25, -0.2) is 4.79 Å². The van der Waals surface area contributed by atoms with Crippen LogP contribution < -0.4 is 36.0 Å². The number of phenols is 2. The number of carboxylic acids is 1. The number of hydrogen-bond acceptors (Lipinski definition) is 15. The topological polar surface area (TPSA) is 271 Å². The van der Waals surface area contributed by atoms with Crippen LogP contribution >= 0.6 is 0 Å². The summed E-state index contributed by atoms with van der Waals surface area (Å²) in [7, 11) is 0. The maximum atomic E-state index is 13.9. The van der Waals surface area contributed by atoms with Crippen molar-refractivity contribution in [2.24, 2.45) is 0 Å². The van der Waals surface area contributed by atoms with Crippen molar-refractivity contribution in [1.29, 1.82) is 0 Å². The van der Waals surface area contributed by atoms with Gasteiger partial charge in [0.1, 0.15) is 57.5 Å². The maximum Gasteiger partial charge on any atom is 0.336 e. The molecule has 61 heavy (non-hydrogen) atoms. The molecule has 6 unspecified atom stereocenters. The van der Waals surface area contributed by atoms with E-state index in [2.05, 4.69) is 15.6 Å². The first-order valence-electron chi connectivity index (χ1n) is 20.4. The van der Waals surface area contributed by atoms with Crippen LogP contribution in [0.25, 0.3) is 22.3 Å². The van der Waals surface area contributed by atoms with Crippen molar-refractivity contribution in [2.45, 2.75) is 93.7 Å². The molecule has 0 bridgehead atoms.